The van der Waals surface area contributed by atoms with E-state index in [1.807, 2.05) is 84.9 Å². The fraction of sp³-hybridized carbons (Fsp3) is 0.152. The van der Waals surface area contributed by atoms with E-state index < -0.39 is 13.7 Å². The molecule has 0 spiro atoms. The summed E-state index contributed by atoms with van der Waals surface area (Å²) in [7, 11) is 0. The minimum atomic E-state index is -0.507. The second-order valence-corrected chi connectivity index (χ2v) is 19.4. The highest BCUT2D eigenvalue weighted by atomic mass is 16.5. The predicted octanol–water partition coefficient (Wildman–Crippen LogP) is 10.5. The summed E-state index contributed by atoms with van der Waals surface area (Å²) in [5.74, 6) is 2.17. The van der Waals surface area contributed by atoms with Crippen LogP contribution in [0.3, 0.4) is 0 Å². The summed E-state index contributed by atoms with van der Waals surface area (Å²) < 4.78 is 17.8. The molecule has 76 heavy (non-hydrogen) atoms. The van der Waals surface area contributed by atoms with Gasteiger partial charge in [-0.1, -0.05) is 208 Å². The Kier molecular flexibility index (Phi) is 15.5. The lowest BCUT2D eigenvalue weighted by Gasteiger charge is -2.24. The smallest absolute Gasteiger partial charge is 0.328 e. The molecular formula is C66H58B2N6O2. The predicted molar refractivity (Wildman–Crippen MR) is 312 cm³/mol. The number of fused-ring (bicyclic) bond motifs is 1. The first kappa shape index (κ1) is 50.4. The van der Waals surface area contributed by atoms with Crippen LogP contribution in [0.25, 0.3) is 49.4 Å². The molecule has 0 aliphatic rings. The van der Waals surface area contributed by atoms with E-state index in [2.05, 4.69) is 169 Å². The maximum absolute atomic E-state index is 12.1. The molecule has 2 atom stereocenters. The summed E-state index contributed by atoms with van der Waals surface area (Å²) in [4.78, 5) is 14.5. The van der Waals surface area contributed by atoms with Crippen LogP contribution in [0.2, 0.25) is 0 Å². The molecule has 10 aromatic rings. The Labute approximate surface area is 446 Å². The minimum Gasteiger partial charge on any atom is -0.493 e. The summed E-state index contributed by atoms with van der Waals surface area (Å²) in [6.45, 7) is 18.3. The molecule has 4 heterocycles. The topological polar surface area (TPSA) is 82.2 Å². The van der Waals surface area contributed by atoms with Gasteiger partial charge in [-0.3, -0.25) is 9.97 Å². The van der Waals surface area contributed by atoms with E-state index >= 15 is 0 Å². The lowest BCUT2D eigenvalue weighted by molar-refractivity contribution is 0.256. The van der Waals surface area contributed by atoms with Gasteiger partial charge in [0.15, 0.2) is 0 Å². The van der Waals surface area contributed by atoms with Crippen LogP contribution in [-0.4, -0.2) is 45.8 Å². The number of nitriles is 1. The van der Waals surface area contributed by atoms with E-state index in [4.69, 9.17) is 19.4 Å². The zero-order chi connectivity index (χ0) is 52.4. The standard InChI is InChI=1S/C66H58B2N6O2/c1-6-47(3)45-75-55-39-37-49(38-40-55)63-60-61(66(62(70-5)59-36-21-23-42-72-59)74(63)68(53-30-16-10-17-31-53)54-32-18-11-19-33-54)64(50-25-24-34-56(43-50)76-46-48(4)7-2)73(65(60)57(44-69)58-35-20-22-41-71-58)67(51-26-12-8-13-27-51)52-28-14-9-15-29-52/h8-43,47-48H,6-7,45-46H2,1-4H3/b65-57-,66-62+. The summed E-state index contributed by atoms with van der Waals surface area (Å²) in [5.41, 5.74) is 9.05. The first-order valence-electron chi connectivity index (χ1n) is 26.3. The van der Waals surface area contributed by atoms with Gasteiger partial charge in [0, 0.05) is 45.5 Å². The fourth-order valence-corrected chi connectivity index (χ4v) is 10.1. The van der Waals surface area contributed by atoms with Gasteiger partial charge in [-0.05, 0) is 78.1 Å². The van der Waals surface area contributed by atoms with Crippen LogP contribution in [0.15, 0.2) is 219 Å². The molecule has 2 unspecified atom stereocenters. The zero-order valence-corrected chi connectivity index (χ0v) is 43.4. The Bertz CT molecular complexity index is 3640. The van der Waals surface area contributed by atoms with Gasteiger partial charge in [-0.15, -0.1) is 0 Å². The van der Waals surface area contributed by atoms with Crippen molar-refractivity contribution >= 4 is 57.6 Å². The average molecular weight is 989 g/mol. The van der Waals surface area contributed by atoms with Crippen molar-refractivity contribution in [2.24, 2.45) is 11.8 Å². The normalized spacial score (nSPS) is 12.7. The molecule has 0 radical (unpaired) electrons. The van der Waals surface area contributed by atoms with E-state index in [0.29, 0.717) is 64.2 Å². The molecule has 0 fully saturated rings. The van der Waals surface area contributed by atoms with Crippen molar-refractivity contribution in [3.05, 3.63) is 252 Å². The second-order valence-electron chi connectivity index (χ2n) is 19.4. The van der Waals surface area contributed by atoms with E-state index in [0.717, 1.165) is 73.7 Å². The van der Waals surface area contributed by atoms with Gasteiger partial charge < -0.3 is 18.4 Å². The molecule has 10 heteroatoms. The highest BCUT2D eigenvalue weighted by Crippen LogP contribution is 2.38. The third-order valence-electron chi connectivity index (χ3n) is 14.3. The third-order valence-corrected chi connectivity index (χ3v) is 14.3. The average Bonchev–Trinajstić information content (AvgIpc) is 4.08. The summed E-state index contributed by atoms with van der Waals surface area (Å²) in [6.07, 6.45) is 5.46. The number of hydrogen-bond donors (Lipinski definition) is 0. The monoisotopic (exact) mass is 988 g/mol. The number of hydrogen-bond acceptors (Lipinski definition) is 5. The van der Waals surface area contributed by atoms with E-state index in [-0.39, 0.29) is 0 Å². The van der Waals surface area contributed by atoms with Gasteiger partial charge >= 0.3 is 13.7 Å². The van der Waals surface area contributed by atoms with Crippen molar-refractivity contribution < 1.29 is 9.47 Å². The molecule has 0 amide bonds. The van der Waals surface area contributed by atoms with Gasteiger partial charge in [-0.2, -0.15) is 5.26 Å². The molecule has 0 bridgehead atoms. The molecular weight excluding hydrogens is 930 g/mol. The lowest BCUT2D eigenvalue weighted by atomic mass is 9.50. The number of nitrogens with zero attached hydrogens (tertiary/aromatic N) is 6. The van der Waals surface area contributed by atoms with Crippen molar-refractivity contribution in [1.29, 1.82) is 5.26 Å². The van der Waals surface area contributed by atoms with Crippen molar-refractivity contribution in [2.45, 2.75) is 40.5 Å². The SMILES string of the molecule is [C-]#[N+]/C(c1ccccn1)=c1\c2c(-c3cccc(OCC(C)CC)c3)n(B(c3ccccc3)c3ccccc3)/c(=C(/C#N)c3ccccn3)c2c(-c2ccc(OCC(C)CC)cc2)n1B(c1ccccc1)c1ccccc1. The van der Waals surface area contributed by atoms with Gasteiger partial charge in [0.2, 0.25) is 5.70 Å². The molecule has 6 aromatic carbocycles. The van der Waals surface area contributed by atoms with E-state index in [9.17, 15) is 11.8 Å². The van der Waals surface area contributed by atoms with Crippen LogP contribution in [0.1, 0.15) is 51.9 Å². The van der Waals surface area contributed by atoms with Gasteiger partial charge in [0.25, 0.3) is 0 Å². The quantitative estimate of drug-likeness (QED) is 0.0632. The first-order valence-corrected chi connectivity index (χ1v) is 26.3. The van der Waals surface area contributed by atoms with Gasteiger partial charge in [0.1, 0.15) is 23.1 Å². The van der Waals surface area contributed by atoms with Gasteiger partial charge in [0.05, 0.1) is 36.5 Å². The number of ether oxygens (including phenoxy) is 2. The highest BCUT2D eigenvalue weighted by Gasteiger charge is 2.37. The summed E-state index contributed by atoms with van der Waals surface area (Å²) in [5, 5.41) is 14.9. The molecule has 8 nitrogen and oxygen atoms in total. The van der Waals surface area contributed by atoms with Crippen LogP contribution < -0.4 is 42.0 Å². The first-order chi connectivity index (χ1) is 37.4. The summed E-state index contributed by atoms with van der Waals surface area (Å²) >= 11 is 0. The lowest BCUT2D eigenvalue weighted by Crippen LogP contribution is -2.54. The summed E-state index contributed by atoms with van der Waals surface area (Å²) in [6, 6.07) is 72.7. The Balaban J connectivity index is 1.54. The fourth-order valence-electron chi connectivity index (χ4n) is 10.1. The number of aromatic nitrogens is 4. The zero-order valence-electron chi connectivity index (χ0n) is 43.4. The van der Waals surface area contributed by atoms with E-state index in [1.54, 1.807) is 12.4 Å². The number of rotatable bonds is 18. The molecule has 0 aliphatic carbocycles. The number of pyridine rings is 2. The molecule has 10 rings (SSSR count). The van der Waals surface area contributed by atoms with Crippen molar-refractivity contribution in [2.75, 3.05) is 13.2 Å². The molecule has 4 aromatic heterocycles. The van der Waals surface area contributed by atoms with Crippen LogP contribution in [0.4, 0.5) is 0 Å². The molecule has 370 valence electrons. The maximum Gasteiger partial charge on any atom is 0.328 e. The Hall–Kier alpha value is -9.11. The molecule has 0 N–H and O–H groups in total. The van der Waals surface area contributed by atoms with Crippen LogP contribution in [-0.2, 0) is 0 Å². The Morgan fingerprint density at radius 2 is 0.974 bits per heavy atom. The second kappa shape index (κ2) is 23.4. The highest BCUT2D eigenvalue weighted by molar-refractivity contribution is 6.85. The van der Waals surface area contributed by atoms with Crippen LogP contribution in [0.5, 0.6) is 11.5 Å². The largest absolute Gasteiger partial charge is 0.493 e. The third kappa shape index (κ3) is 10.2. The van der Waals surface area contributed by atoms with Crippen LogP contribution in [0, 0.1) is 29.7 Å². The van der Waals surface area contributed by atoms with Crippen molar-refractivity contribution in [3.63, 3.8) is 0 Å². The van der Waals surface area contributed by atoms with Crippen molar-refractivity contribution in [3.8, 4) is 40.1 Å². The van der Waals surface area contributed by atoms with Crippen molar-refractivity contribution in [1.82, 2.24) is 18.9 Å². The molecule has 0 saturated carbocycles. The van der Waals surface area contributed by atoms with Crippen LogP contribution >= 0.6 is 0 Å². The van der Waals surface area contributed by atoms with E-state index in [1.165, 1.54) is 0 Å². The minimum absolute atomic E-state index is 0.328. The number of benzene rings is 6. The Morgan fingerprint density at radius 1 is 0.526 bits per heavy atom. The molecule has 0 saturated heterocycles. The maximum atomic E-state index is 12.1. The Morgan fingerprint density at radius 3 is 1.43 bits per heavy atom. The molecule has 0 aliphatic heterocycles. The van der Waals surface area contributed by atoms with Gasteiger partial charge in [-0.25, -0.2) is 4.85 Å².